The minimum Gasteiger partial charge on any atom is -0.497 e. The van der Waals surface area contributed by atoms with E-state index in [0.717, 1.165) is 43.3 Å². The molecule has 0 saturated heterocycles. The fourth-order valence-electron chi connectivity index (χ4n) is 4.08. The van der Waals surface area contributed by atoms with Gasteiger partial charge in [0.25, 0.3) is 5.56 Å². The molecule has 1 N–H and O–H groups in total. The Hall–Kier alpha value is -3.03. The highest BCUT2D eigenvalue weighted by Crippen LogP contribution is 2.29. The van der Waals surface area contributed by atoms with E-state index in [-0.39, 0.29) is 11.2 Å². The van der Waals surface area contributed by atoms with Crippen LogP contribution in [-0.4, -0.2) is 27.8 Å². The maximum atomic E-state index is 13.2. The summed E-state index contributed by atoms with van der Waals surface area (Å²) >= 11 is 0. The molecule has 0 aliphatic carbocycles. The number of ether oxygens (including phenoxy) is 1. The number of methoxy groups -OCH3 is 1. The van der Waals surface area contributed by atoms with Crippen molar-refractivity contribution in [3.63, 3.8) is 0 Å². The number of benzene rings is 1. The van der Waals surface area contributed by atoms with Crippen LogP contribution in [0.3, 0.4) is 0 Å². The Labute approximate surface area is 169 Å². The highest BCUT2D eigenvalue weighted by Gasteiger charge is 2.35. The number of nitrogens with one attached hydrogen (secondary N) is 1. The van der Waals surface area contributed by atoms with E-state index < -0.39 is 0 Å². The fourth-order valence-corrected chi connectivity index (χ4v) is 4.08. The zero-order valence-corrected chi connectivity index (χ0v) is 17.4. The lowest BCUT2D eigenvalue weighted by Gasteiger charge is -2.26. The minimum absolute atomic E-state index is 0.220. The summed E-state index contributed by atoms with van der Waals surface area (Å²) < 4.78 is 10.2. The van der Waals surface area contributed by atoms with Gasteiger partial charge in [0.15, 0.2) is 0 Å². The van der Waals surface area contributed by atoms with E-state index >= 15 is 0 Å². The Morgan fingerprint density at radius 3 is 2.62 bits per heavy atom. The van der Waals surface area contributed by atoms with Crippen molar-refractivity contribution in [3.05, 3.63) is 45.1 Å². The molecular formula is C21H28N5O3+. The molecule has 1 aromatic carbocycles. The summed E-state index contributed by atoms with van der Waals surface area (Å²) in [6, 6.07) is 7.86. The number of hydrogen-bond donors (Lipinski definition) is 1. The maximum Gasteiger partial charge on any atom is 0.364 e. The molecule has 0 saturated carbocycles. The number of fused-ring (bicyclic) bond motifs is 3. The molecule has 1 aliphatic heterocycles. The number of rotatable bonds is 5. The van der Waals surface area contributed by atoms with Crippen LogP contribution in [0, 0.1) is 5.92 Å². The molecule has 0 amide bonds. The minimum atomic E-state index is -0.279. The normalized spacial score (nSPS) is 16.3. The molecule has 8 heteroatoms. The molecule has 0 radical (unpaired) electrons. The van der Waals surface area contributed by atoms with Crippen LogP contribution in [-0.2, 0) is 20.1 Å². The number of unbranched alkanes of at least 4 members (excludes halogenated alkanes) is 1. The van der Waals surface area contributed by atoms with Crippen LogP contribution in [0.25, 0.3) is 11.2 Å². The molecule has 154 valence electrons. The van der Waals surface area contributed by atoms with Crippen LogP contribution in [0.5, 0.6) is 5.75 Å². The SMILES string of the molecule is CCCCn1c(=O)c2c([nH]c3[n+]2C[C@H](C)CN3c2ccc(OC)cc2)n(C)c1=O. The summed E-state index contributed by atoms with van der Waals surface area (Å²) in [5, 5.41) is 0. The molecule has 0 fully saturated rings. The zero-order chi connectivity index (χ0) is 20.7. The smallest absolute Gasteiger partial charge is 0.364 e. The highest BCUT2D eigenvalue weighted by atomic mass is 16.5. The molecule has 1 atom stereocenters. The summed E-state index contributed by atoms with van der Waals surface area (Å²) in [5.74, 6) is 1.96. The Morgan fingerprint density at radius 1 is 1.24 bits per heavy atom. The average Bonchev–Trinajstić information content (AvgIpc) is 3.11. The topological polar surface area (TPSA) is 76.1 Å². The van der Waals surface area contributed by atoms with Gasteiger partial charge in [-0.2, -0.15) is 0 Å². The largest absolute Gasteiger partial charge is 0.497 e. The van der Waals surface area contributed by atoms with E-state index in [1.54, 1.807) is 18.7 Å². The number of nitrogens with zero attached hydrogens (tertiary/aromatic N) is 4. The summed E-state index contributed by atoms with van der Waals surface area (Å²) in [6.45, 7) is 6.20. The number of anilines is 2. The Kier molecular flexibility index (Phi) is 4.94. The second-order valence-electron chi connectivity index (χ2n) is 7.82. The highest BCUT2D eigenvalue weighted by molar-refractivity contribution is 5.70. The first kappa shape index (κ1) is 19.3. The van der Waals surface area contributed by atoms with Gasteiger partial charge in [-0.3, -0.25) is 13.9 Å². The van der Waals surface area contributed by atoms with Gasteiger partial charge in [0.05, 0.1) is 20.2 Å². The van der Waals surface area contributed by atoms with Crippen molar-refractivity contribution in [2.45, 2.75) is 39.8 Å². The van der Waals surface area contributed by atoms with Crippen LogP contribution >= 0.6 is 0 Å². The predicted octanol–water partition coefficient (Wildman–Crippen LogP) is 1.91. The van der Waals surface area contributed by atoms with Crippen LogP contribution in [0.15, 0.2) is 33.9 Å². The molecule has 3 heterocycles. The van der Waals surface area contributed by atoms with Gasteiger partial charge in [-0.25, -0.2) is 19.2 Å². The molecule has 1 aliphatic rings. The molecule has 0 unspecified atom stereocenters. The molecule has 8 nitrogen and oxygen atoms in total. The third-order valence-electron chi connectivity index (χ3n) is 5.64. The van der Waals surface area contributed by atoms with Gasteiger partial charge in [-0.15, -0.1) is 0 Å². The summed E-state index contributed by atoms with van der Waals surface area (Å²) in [7, 11) is 3.37. The summed E-state index contributed by atoms with van der Waals surface area (Å²) in [4.78, 5) is 31.5. The molecule has 2 aromatic heterocycles. The van der Waals surface area contributed by atoms with Crippen LogP contribution < -0.4 is 25.5 Å². The van der Waals surface area contributed by atoms with E-state index in [1.165, 1.54) is 4.57 Å². The van der Waals surface area contributed by atoms with E-state index in [9.17, 15) is 9.59 Å². The zero-order valence-electron chi connectivity index (χ0n) is 17.4. The molecule has 29 heavy (non-hydrogen) atoms. The van der Waals surface area contributed by atoms with Crippen LogP contribution in [0.2, 0.25) is 0 Å². The molecule has 4 rings (SSSR count). The Bertz CT molecular complexity index is 1160. The number of aromatic amines is 1. The van der Waals surface area contributed by atoms with E-state index in [1.807, 2.05) is 28.8 Å². The molecule has 3 aromatic rings. The van der Waals surface area contributed by atoms with Crippen LogP contribution in [0.4, 0.5) is 11.6 Å². The standard InChI is InChI=1S/C21H27N5O3/c1-5-6-11-24-19(27)17-18(23(3)21(24)28)22-20-25(12-14(2)13-26(17)20)15-7-9-16(29-4)10-8-15/h7-10,14H,5-6,11-13H2,1-4H3/p+1/t14-/m1/s1. The predicted molar refractivity (Wildman–Crippen MR) is 112 cm³/mol. The number of imidazole rings is 1. The van der Waals surface area contributed by atoms with E-state index in [0.29, 0.717) is 23.6 Å². The van der Waals surface area contributed by atoms with Gasteiger partial charge in [0.1, 0.15) is 11.4 Å². The van der Waals surface area contributed by atoms with Crippen molar-refractivity contribution in [3.8, 4) is 5.75 Å². The first-order valence-electron chi connectivity index (χ1n) is 10.1. The second kappa shape index (κ2) is 7.42. The summed E-state index contributed by atoms with van der Waals surface area (Å²) in [6.07, 6.45) is 1.72. The third kappa shape index (κ3) is 3.12. The molecular weight excluding hydrogens is 370 g/mol. The quantitative estimate of drug-likeness (QED) is 0.666. The lowest BCUT2D eigenvalue weighted by molar-refractivity contribution is -0.669. The Morgan fingerprint density at radius 2 is 1.97 bits per heavy atom. The Balaban J connectivity index is 1.93. The van der Waals surface area contributed by atoms with Gasteiger partial charge in [-0.05, 0) is 30.7 Å². The molecule has 0 spiro atoms. The van der Waals surface area contributed by atoms with E-state index in [4.69, 9.17) is 4.74 Å². The lowest BCUT2D eigenvalue weighted by atomic mass is 10.1. The van der Waals surface area contributed by atoms with Gasteiger partial charge in [-0.1, -0.05) is 20.3 Å². The first-order valence-corrected chi connectivity index (χ1v) is 10.1. The summed E-state index contributed by atoms with van der Waals surface area (Å²) in [5.41, 5.74) is 1.63. The molecule has 0 bridgehead atoms. The lowest BCUT2D eigenvalue weighted by Crippen LogP contribution is -2.52. The third-order valence-corrected chi connectivity index (χ3v) is 5.64. The number of aryl methyl sites for hydroxylation is 1. The average molecular weight is 398 g/mol. The van der Waals surface area contributed by atoms with Crippen molar-refractivity contribution in [1.29, 1.82) is 0 Å². The number of aromatic nitrogens is 4. The van der Waals surface area contributed by atoms with Gasteiger partial charge < -0.3 is 4.74 Å². The van der Waals surface area contributed by atoms with Gasteiger partial charge in [0.2, 0.25) is 11.2 Å². The number of H-pyrrole nitrogens is 1. The maximum absolute atomic E-state index is 13.2. The number of hydrogen-bond acceptors (Lipinski definition) is 4. The van der Waals surface area contributed by atoms with Gasteiger partial charge >= 0.3 is 11.6 Å². The monoisotopic (exact) mass is 398 g/mol. The van der Waals surface area contributed by atoms with Crippen molar-refractivity contribution in [2.24, 2.45) is 13.0 Å². The van der Waals surface area contributed by atoms with Crippen molar-refractivity contribution < 1.29 is 9.30 Å². The van der Waals surface area contributed by atoms with Gasteiger partial charge in [0, 0.05) is 19.5 Å². The first-order chi connectivity index (χ1) is 14.0. The van der Waals surface area contributed by atoms with Crippen molar-refractivity contribution in [2.75, 3.05) is 18.6 Å². The van der Waals surface area contributed by atoms with Crippen molar-refractivity contribution in [1.82, 2.24) is 14.1 Å². The van der Waals surface area contributed by atoms with E-state index in [2.05, 4.69) is 23.7 Å². The fraction of sp³-hybridized carbons (Fsp3) is 0.476. The van der Waals surface area contributed by atoms with Crippen LogP contribution in [0.1, 0.15) is 26.7 Å². The second-order valence-corrected chi connectivity index (χ2v) is 7.82. The van der Waals surface area contributed by atoms with Crippen molar-refractivity contribution >= 4 is 22.8 Å².